The Hall–Kier alpha value is -2.64. The SMILES string of the molecule is COc1cccc(OC[C@@H](O)CN2C(=O)CC[C@H]2CCNCc2cccnc2)c1. The third-order valence-corrected chi connectivity index (χ3v) is 5.05. The lowest BCUT2D eigenvalue weighted by Crippen LogP contribution is -2.42. The minimum Gasteiger partial charge on any atom is -0.497 e. The predicted octanol–water partition coefficient (Wildman–Crippen LogP) is 2.00. The van der Waals surface area contributed by atoms with Crippen molar-refractivity contribution < 1.29 is 19.4 Å². The summed E-state index contributed by atoms with van der Waals surface area (Å²) in [4.78, 5) is 18.2. The number of amides is 1. The second-order valence-corrected chi connectivity index (χ2v) is 7.21. The van der Waals surface area contributed by atoms with Crippen LogP contribution in [-0.4, -0.2) is 59.8 Å². The van der Waals surface area contributed by atoms with Crippen LogP contribution in [0.3, 0.4) is 0 Å². The normalized spacial score (nSPS) is 17.4. The van der Waals surface area contributed by atoms with Crippen LogP contribution in [0.4, 0.5) is 0 Å². The first kappa shape index (κ1) is 21.1. The van der Waals surface area contributed by atoms with Gasteiger partial charge in [-0.1, -0.05) is 12.1 Å². The zero-order chi connectivity index (χ0) is 20.5. The molecule has 0 radical (unpaired) electrons. The van der Waals surface area contributed by atoms with Crippen molar-refractivity contribution in [3.8, 4) is 11.5 Å². The molecule has 2 aromatic rings. The molecule has 0 spiro atoms. The van der Waals surface area contributed by atoms with E-state index < -0.39 is 6.10 Å². The molecule has 0 saturated carbocycles. The number of β-amino-alcohol motifs (C(OH)–C–C–N with tert-alkyl or cyclic N) is 1. The van der Waals surface area contributed by atoms with E-state index in [4.69, 9.17) is 9.47 Å². The highest BCUT2D eigenvalue weighted by molar-refractivity contribution is 5.78. The molecule has 0 bridgehead atoms. The van der Waals surface area contributed by atoms with E-state index >= 15 is 0 Å². The van der Waals surface area contributed by atoms with Gasteiger partial charge in [0.15, 0.2) is 0 Å². The molecule has 7 nitrogen and oxygen atoms in total. The molecule has 2 N–H and O–H groups in total. The smallest absolute Gasteiger partial charge is 0.222 e. The summed E-state index contributed by atoms with van der Waals surface area (Å²) in [6.07, 6.45) is 5.09. The number of carbonyl (C=O) groups excluding carboxylic acids is 1. The number of aliphatic hydroxyl groups is 1. The molecule has 2 heterocycles. The molecular formula is C22H29N3O4. The molecule has 0 unspecified atom stereocenters. The van der Waals surface area contributed by atoms with Crippen molar-refractivity contribution >= 4 is 5.91 Å². The molecule has 3 rings (SSSR count). The summed E-state index contributed by atoms with van der Waals surface area (Å²) in [6.45, 7) is 1.98. The monoisotopic (exact) mass is 399 g/mol. The van der Waals surface area contributed by atoms with Crippen LogP contribution in [0.25, 0.3) is 0 Å². The Kier molecular flexibility index (Phi) is 7.84. The van der Waals surface area contributed by atoms with Crippen LogP contribution < -0.4 is 14.8 Å². The van der Waals surface area contributed by atoms with Gasteiger partial charge in [-0.2, -0.15) is 0 Å². The number of aromatic nitrogens is 1. The Balaban J connectivity index is 1.41. The highest BCUT2D eigenvalue weighted by Gasteiger charge is 2.31. The van der Waals surface area contributed by atoms with Gasteiger partial charge in [0.25, 0.3) is 0 Å². The maximum atomic E-state index is 12.3. The number of ether oxygens (including phenoxy) is 2. The van der Waals surface area contributed by atoms with Crippen LogP contribution in [0.15, 0.2) is 48.8 Å². The number of hydrogen-bond acceptors (Lipinski definition) is 6. The van der Waals surface area contributed by atoms with E-state index in [1.165, 1.54) is 0 Å². The fraction of sp³-hybridized carbons (Fsp3) is 0.455. The van der Waals surface area contributed by atoms with Gasteiger partial charge in [-0.15, -0.1) is 0 Å². The summed E-state index contributed by atoms with van der Waals surface area (Å²) in [6, 6.07) is 11.3. The van der Waals surface area contributed by atoms with E-state index in [0.29, 0.717) is 17.9 Å². The van der Waals surface area contributed by atoms with Gasteiger partial charge < -0.3 is 24.8 Å². The average molecular weight is 399 g/mol. The Morgan fingerprint density at radius 1 is 1.31 bits per heavy atom. The first-order valence-electron chi connectivity index (χ1n) is 9.99. The van der Waals surface area contributed by atoms with E-state index in [1.807, 2.05) is 36.5 Å². The van der Waals surface area contributed by atoms with E-state index in [-0.39, 0.29) is 25.1 Å². The Morgan fingerprint density at radius 3 is 2.97 bits per heavy atom. The molecule has 1 saturated heterocycles. The standard InChI is InChI=1S/C22H29N3O4/c1-28-20-5-2-6-21(12-20)29-16-19(26)15-25-18(7-8-22(25)27)9-11-24-14-17-4-3-10-23-13-17/h2-6,10,12-13,18-19,24,26H,7-9,11,14-16H2,1H3/t18-,19-/m0/s1. The van der Waals surface area contributed by atoms with Gasteiger partial charge in [0.1, 0.15) is 24.2 Å². The third-order valence-electron chi connectivity index (χ3n) is 5.05. The van der Waals surface area contributed by atoms with Crippen LogP contribution >= 0.6 is 0 Å². The van der Waals surface area contributed by atoms with Gasteiger partial charge >= 0.3 is 0 Å². The number of carbonyl (C=O) groups is 1. The predicted molar refractivity (Wildman–Crippen MR) is 110 cm³/mol. The van der Waals surface area contributed by atoms with Gasteiger partial charge in [-0.05, 0) is 43.1 Å². The van der Waals surface area contributed by atoms with Crippen molar-refractivity contribution in [1.82, 2.24) is 15.2 Å². The topological polar surface area (TPSA) is 83.9 Å². The van der Waals surface area contributed by atoms with Crippen LogP contribution in [0.5, 0.6) is 11.5 Å². The molecule has 7 heteroatoms. The quantitative estimate of drug-likeness (QED) is 0.563. The number of methoxy groups -OCH3 is 1. The van der Waals surface area contributed by atoms with Crippen LogP contribution in [-0.2, 0) is 11.3 Å². The van der Waals surface area contributed by atoms with Gasteiger partial charge in [0.05, 0.1) is 13.7 Å². The van der Waals surface area contributed by atoms with Gasteiger partial charge in [-0.25, -0.2) is 0 Å². The number of hydrogen-bond donors (Lipinski definition) is 2. The number of aliphatic hydroxyl groups excluding tert-OH is 1. The zero-order valence-electron chi connectivity index (χ0n) is 16.8. The molecule has 1 aliphatic heterocycles. The first-order chi connectivity index (χ1) is 14.2. The van der Waals surface area contributed by atoms with Crippen molar-refractivity contribution in [2.45, 2.75) is 38.0 Å². The molecule has 1 fully saturated rings. The number of likely N-dealkylation sites (tertiary alicyclic amines) is 1. The van der Waals surface area contributed by atoms with Gasteiger partial charge in [0, 0.05) is 37.5 Å². The lowest BCUT2D eigenvalue weighted by molar-refractivity contribution is -0.130. The van der Waals surface area contributed by atoms with Gasteiger partial charge in [-0.3, -0.25) is 9.78 Å². The number of pyridine rings is 1. The summed E-state index contributed by atoms with van der Waals surface area (Å²) >= 11 is 0. The Morgan fingerprint density at radius 2 is 2.17 bits per heavy atom. The number of nitrogens with one attached hydrogen (secondary N) is 1. The number of benzene rings is 1. The van der Waals surface area contributed by atoms with Crippen molar-refractivity contribution in [3.63, 3.8) is 0 Å². The van der Waals surface area contributed by atoms with E-state index in [0.717, 1.165) is 31.5 Å². The largest absolute Gasteiger partial charge is 0.497 e. The summed E-state index contributed by atoms with van der Waals surface area (Å²) in [5.74, 6) is 1.43. The molecule has 1 aliphatic rings. The second-order valence-electron chi connectivity index (χ2n) is 7.21. The summed E-state index contributed by atoms with van der Waals surface area (Å²) < 4.78 is 10.8. The van der Waals surface area contributed by atoms with Crippen molar-refractivity contribution in [1.29, 1.82) is 0 Å². The van der Waals surface area contributed by atoms with Crippen molar-refractivity contribution in [3.05, 3.63) is 54.4 Å². The lowest BCUT2D eigenvalue weighted by atomic mass is 10.1. The molecule has 2 atom stereocenters. The minimum absolute atomic E-state index is 0.0997. The van der Waals surface area contributed by atoms with Gasteiger partial charge in [0.2, 0.25) is 5.91 Å². The molecule has 1 amide bonds. The average Bonchev–Trinajstić information content (AvgIpc) is 3.10. The zero-order valence-corrected chi connectivity index (χ0v) is 16.8. The summed E-state index contributed by atoms with van der Waals surface area (Å²) in [7, 11) is 1.60. The van der Waals surface area contributed by atoms with Crippen LogP contribution in [0, 0.1) is 0 Å². The molecule has 1 aromatic heterocycles. The Bertz CT molecular complexity index is 772. The fourth-order valence-electron chi connectivity index (χ4n) is 3.51. The fourth-order valence-corrected chi connectivity index (χ4v) is 3.51. The van der Waals surface area contributed by atoms with E-state index in [2.05, 4.69) is 10.3 Å². The van der Waals surface area contributed by atoms with Crippen LogP contribution in [0.1, 0.15) is 24.8 Å². The number of rotatable bonds is 11. The number of nitrogens with zero attached hydrogens (tertiary/aromatic N) is 2. The first-order valence-corrected chi connectivity index (χ1v) is 9.99. The molecule has 1 aromatic carbocycles. The van der Waals surface area contributed by atoms with Crippen molar-refractivity contribution in [2.24, 2.45) is 0 Å². The maximum Gasteiger partial charge on any atom is 0.222 e. The maximum absolute atomic E-state index is 12.3. The third kappa shape index (κ3) is 6.44. The molecule has 0 aliphatic carbocycles. The van der Waals surface area contributed by atoms with E-state index in [1.54, 1.807) is 24.3 Å². The highest BCUT2D eigenvalue weighted by Crippen LogP contribution is 2.22. The molecular weight excluding hydrogens is 370 g/mol. The highest BCUT2D eigenvalue weighted by atomic mass is 16.5. The lowest BCUT2D eigenvalue weighted by Gasteiger charge is -2.27. The van der Waals surface area contributed by atoms with Crippen molar-refractivity contribution in [2.75, 3.05) is 26.8 Å². The minimum atomic E-state index is -0.742. The Labute approximate surface area is 171 Å². The van der Waals surface area contributed by atoms with E-state index in [9.17, 15) is 9.90 Å². The molecule has 156 valence electrons. The summed E-state index contributed by atoms with van der Waals surface area (Å²) in [5.41, 5.74) is 1.14. The van der Waals surface area contributed by atoms with Crippen LogP contribution in [0.2, 0.25) is 0 Å². The second kappa shape index (κ2) is 10.8. The molecule has 29 heavy (non-hydrogen) atoms. The summed E-state index contributed by atoms with van der Waals surface area (Å²) in [5, 5.41) is 13.8.